The van der Waals surface area contributed by atoms with Crippen LogP contribution in [0.3, 0.4) is 0 Å². The number of likely N-dealkylation sites (tertiary alicyclic amines) is 1. The molecule has 1 saturated heterocycles. The number of nitrogens with one attached hydrogen (secondary N) is 2. The Balaban J connectivity index is 1.23. The molecule has 0 atom stereocenters. The molecule has 2 aromatic rings. The number of aromatic nitrogens is 4. The Morgan fingerprint density at radius 1 is 0.919 bits per heavy atom. The zero-order chi connectivity index (χ0) is 25.5. The van der Waals surface area contributed by atoms with E-state index in [1.165, 1.54) is 38.5 Å². The van der Waals surface area contributed by atoms with Crippen LogP contribution in [0.2, 0.25) is 0 Å². The Morgan fingerprint density at radius 3 is 2.41 bits per heavy atom. The van der Waals surface area contributed by atoms with Gasteiger partial charge in [-0.1, -0.05) is 26.2 Å². The molecule has 0 aromatic carbocycles. The average molecular weight is 513 g/mol. The second-order valence-corrected chi connectivity index (χ2v) is 11.5. The average Bonchev–Trinajstić information content (AvgIpc) is 3.59. The first-order valence-corrected chi connectivity index (χ1v) is 15.0. The molecule has 1 aliphatic heterocycles. The SMILES string of the molecule is CCCCOCCCN1CCC(Nc2nc(NC3CCC(N)CC3)nc3c2ncn3C2CCCC2)CC1. The minimum atomic E-state index is 0.335. The van der Waals surface area contributed by atoms with Gasteiger partial charge in [0.15, 0.2) is 17.0 Å². The number of fused-ring (bicyclic) bond motifs is 1. The summed E-state index contributed by atoms with van der Waals surface area (Å²) >= 11 is 0. The van der Waals surface area contributed by atoms with Gasteiger partial charge in [-0.25, -0.2) is 4.98 Å². The van der Waals surface area contributed by atoms with Crippen LogP contribution in [-0.4, -0.2) is 75.4 Å². The van der Waals surface area contributed by atoms with Gasteiger partial charge in [0.05, 0.1) is 6.33 Å². The maximum Gasteiger partial charge on any atom is 0.227 e. The van der Waals surface area contributed by atoms with Crippen LogP contribution in [0.15, 0.2) is 6.33 Å². The Labute approximate surface area is 222 Å². The summed E-state index contributed by atoms with van der Waals surface area (Å²) < 4.78 is 8.05. The Kier molecular flexibility index (Phi) is 9.50. The molecule has 206 valence electrons. The quantitative estimate of drug-likeness (QED) is 0.351. The number of piperidine rings is 1. The predicted octanol–water partition coefficient (Wildman–Crippen LogP) is 4.71. The van der Waals surface area contributed by atoms with Crippen molar-refractivity contribution in [3.05, 3.63) is 6.33 Å². The molecule has 9 nitrogen and oxygen atoms in total. The smallest absolute Gasteiger partial charge is 0.227 e. The third-order valence-corrected chi connectivity index (χ3v) is 8.58. The highest BCUT2D eigenvalue weighted by Gasteiger charge is 2.26. The minimum absolute atomic E-state index is 0.335. The minimum Gasteiger partial charge on any atom is -0.381 e. The number of hydrogen-bond donors (Lipinski definition) is 3. The van der Waals surface area contributed by atoms with E-state index in [9.17, 15) is 0 Å². The van der Waals surface area contributed by atoms with Crippen LogP contribution in [0.5, 0.6) is 0 Å². The molecular formula is C28H48N8O. The molecule has 4 N–H and O–H groups in total. The molecule has 5 rings (SSSR count). The maximum atomic E-state index is 6.14. The molecule has 0 radical (unpaired) electrons. The lowest BCUT2D eigenvalue weighted by molar-refractivity contribution is 0.114. The van der Waals surface area contributed by atoms with Crippen LogP contribution >= 0.6 is 0 Å². The van der Waals surface area contributed by atoms with Crippen LogP contribution in [0.4, 0.5) is 11.8 Å². The largest absolute Gasteiger partial charge is 0.381 e. The Morgan fingerprint density at radius 2 is 1.65 bits per heavy atom. The summed E-state index contributed by atoms with van der Waals surface area (Å²) in [4.78, 5) is 17.4. The van der Waals surface area contributed by atoms with Crippen LogP contribution in [0.1, 0.15) is 96.4 Å². The number of hydrogen-bond acceptors (Lipinski definition) is 8. The molecule has 2 aromatic heterocycles. The van der Waals surface area contributed by atoms with Crippen molar-refractivity contribution in [2.75, 3.05) is 43.5 Å². The summed E-state index contributed by atoms with van der Waals surface area (Å²) in [5, 5.41) is 7.43. The number of rotatable bonds is 12. The van der Waals surface area contributed by atoms with Crippen molar-refractivity contribution < 1.29 is 4.74 Å². The van der Waals surface area contributed by atoms with Crippen molar-refractivity contribution in [1.82, 2.24) is 24.4 Å². The fourth-order valence-electron chi connectivity index (χ4n) is 6.21. The van der Waals surface area contributed by atoms with E-state index >= 15 is 0 Å². The number of unbranched alkanes of at least 4 members (excludes halogenated alkanes) is 1. The first-order valence-electron chi connectivity index (χ1n) is 15.0. The number of ether oxygens (including phenoxy) is 1. The van der Waals surface area contributed by atoms with Gasteiger partial charge in [0.25, 0.3) is 0 Å². The fourth-order valence-corrected chi connectivity index (χ4v) is 6.21. The number of nitrogens with zero attached hydrogens (tertiary/aromatic N) is 5. The number of nitrogens with two attached hydrogens (primary N) is 1. The molecule has 3 heterocycles. The molecule has 2 saturated carbocycles. The molecule has 37 heavy (non-hydrogen) atoms. The molecule has 2 aliphatic carbocycles. The maximum absolute atomic E-state index is 6.14. The van der Waals surface area contributed by atoms with Crippen molar-refractivity contribution in [3.8, 4) is 0 Å². The monoisotopic (exact) mass is 512 g/mol. The summed E-state index contributed by atoms with van der Waals surface area (Å²) in [5.74, 6) is 1.62. The predicted molar refractivity (Wildman–Crippen MR) is 150 cm³/mol. The van der Waals surface area contributed by atoms with E-state index in [0.717, 1.165) is 101 Å². The van der Waals surface area contributed by atoms with Gasteiger partial charge in [-0.05, 0) is 64.2 Å². The van der Waals surface area contributed by atoms with Crippen molar-refractivity contribution in [1.29, 1.82) is 0 Å². The summed E-state index contributed by atoms with van der Waals surface area (Å²) in [6.07, 6.45) is 17.0. The highest BCUT2D eigenvalue weighted by atomic mass is 16.5. The lowest BCUT2D eigenvalue weighted by Gasteiger charge is -2.32. The van der Waals surface area contributed by atoms with Crippen LogP contribution in [0.25, 0.3) is 11.2 Å². The van der Waals surface area contributed by atoms with E-state index in [4.69, 9.17) is 25.4 Å². The molecule has 0 unspecified atom stereocenters. The van der Waals surface area contributed by atoms with Gasteiger partial charge >= 0.3 is 0 Å². The standard InChI is InChI=1S/C28H48N8O/c1-2-3-18-37-19-6-15-35-16-13-23(14-17-35)31-26-25-27(36(20-30-25)24-7-4-5-8-24)34-28(33-26)32-22-11-9-21(29)10-12-22/h20-24H,2-19,29H2,1H3,(H2,31,32,33,34). The van der Waals surface area contributed by atoms with E-state index in [0.29, 0.717) is 24.2 Å². The molecule has 0 spiro atoms. The highest BCUT2D eigenvalue weighted by molar-refractivity contribution is 5.84. The highest BCUT2D eigenvalue weighted by Crippen LogP contribution is 2.34. The molecule has 0 amide bonds. The van der Waals surface area contributed by atoms with Gasteiger partial charge in [0, 0.05) is 57.0 Å². The fraction of sp³-hybridized carbons (Fsp3) is 0.821. The van der Waals surface area contributed by atoms with Crippen LogP contribution in [-0.2, 0) is 4.74 Å². The normalized spacial score (nSPS) is 24.2. The van der Waals surface area contributed by atoms with E-state index in [2.05, 4.69) is 27.0 Å². The third-order valence-electron chi connectivity index (χ3n) is 8.58. The lowest BCUT2D eigenvalue weighted by atomic mass is 9.92. The van der Waals surface area contributed by atoms with Crippen LogP contribution in [0, 0.1) is 0 Å². The van der Waals surface area contributed by atoms with Gasteiger partial charge in [0.1, 0.15) is 0 Å². The van der Waals surface area contributed by atoms with Gasteiger partial charge in [-0.3, -0.25) is 0 Å². The van der Waals surface area contributed by atoms with Crippen LogP contribution < -0.4 is 16.4 Å². The summed E-state index contributed by atoms with van der Waals surface area (Å²) in [7, 11) is 0. The molecule has 9 heteroatoms. The van der Waals surface area contributed by atoms with Crippen molar-refractivity contribution in [2.45, 2.75) is 115 Å². The van der Waals surface area contributed by atoms with E-state index in [1.807, 2.05) is 6.33 Å². The van der Waals surface area contributed by atoms with Gasteiger partial charge in [-0.15, -0.1) is 0 Å². The number of imidazole rings is 1. The number of anilines is 2. The first kappa shape index (κ1) is 26.6. The summed E-state index contributed by atoms with van der Waals surface area (Å²) in [6, 6.07) is 1.64. The second kappa shape index (κ2) is 13.2. The van der Waals surface area contributed by atoms with E-state index < -0.39 is 0 Å². The van der Waals surface area contributed by atoms with E-state index in [-0.39, 0.29) is 0 Å². The van der Waals surface area contributed by atoms with Gasteiger partial charge in [0.2, 0.25) is 5.95 Å². The van der Waals surface area contributed by atoms with Gasteiger partial charge in [-0.2, -0.15) is 9.97 Å². The van der Waals surface area contributed by atoms with Gasteiger partial charge < -0.3 is 30.6 Å². The topological polar surface area (TPSA) is 106 Å². The zero-order valence-corrected chi connectivity index (χ0v) is 22.8. The van der Waals surface area contributed by atoms with E-state index in [1.54, 1.807) is 0 Å². The Bertz CT molecular complexity index is 958. The molecule has 3 aliphatic rings. The molecule has 0 bridgehead atoms. The van der Waals surface area contributed by atoms with Crippen molar-refractivity contribution >= 4 is 22.9 Å². The van der Waals surface area contributed by atoms with Crippen molar-refractivity contribution in [2.24, 2.45) is 5.73 Å². The summed E-state index contributed by atoms with van der Waals surface area (Å²) in [6.45, 7) is 7.34. The first-order chi connectivity index (χ1) is 18.2. The molecular weight excluding hydrogens is 464 g/mol. The van der Waals surface area contributed by atoms with Crippen molar-refractivity contribution in [3.63, 3.8) is 0 Å². The molecule has 3 fully saturated rings. The Hall–Kier alpha value is -1.97. The second-order valence-electron chi connectivity index (χ2n) is 11.5. The third kappa shape index (κ3) is 7.12. The summed E-state index contributed by atoms with van der Waals surface area (Å²) in [5.41, 5.74) is 8.02. The lowest BCUT2D eigenvalue weighted by Crippen LogP contribution is -2.40. The zero-order valence-electron chi connectivity index (χ0n) is 22.8.